The van der Waals surface area contributed by atoms with E-state index < -0.39 is 10.1 Å². The average Bonchev–Trinajstić information content (AvgIpc) is 1.21. The Bertz CT molecular complexity index is 149. The molecule has 0 aromatic rings. The van der Waals surface area contributed by atoms with Crippen molar-refractivity contribution in [2.24, 2.45) is 5.92 Å². The summed E-state index contributed by atoms with van der Waals surface area (Å²) in [4.78, 5) is 0. The molecule has 0 spiro atoms. The van der Waals surface area contributed by atoms with Gasteiger partial charge in [-0.25, -0.2) is 0 Å². The van der Waals surface area contributed by atoms with E-state index in [4.69, 9.17) is 4.55 Å². The zero-order valence-corrected chi connectivity index (χ0v) is 5.77. The van der Waals surface area contributed by atoms with Gasteiger partial charge in [0, 0.05) is 0 Å². The summed E-state index contributed by atoms with van der Waals surface area (Å²) in [6, 6.07) is 0. The molecule has 0 aliphatic rings. The summed E-state index contributed by atoms with van der Waals surface area (Å²) in [5, 5.41) is 0. The number of hydrogen-bond donors (Lipinski definition) is 1. The Morgan fingerprint density at radius 2 is 1.78 bits per heavy atom. The minimum absolute atomic E-state index is 0. The summed E-state index contributed by atoms with van der Waals surface area (Å²) in [6.45, 7) is 3.46. The van der Waals surface area contributed by atoms with E-state index in [0.29, 0.717) is 0 Å². The molecular weight excluding hydrogens is 135 g/mol. The maximum atomic E-state index is 10.00. The van der Waals surface area contributed by atoms with Crippen molar-refractivity contribution in [3.8, 4) is 0 Å². The van der Waals surface area contributed by atoms with Crippen LogP contribution in [0.15, 0.2) is 0 Å². The van der Waals surface area contributed by atoms with Gasteiger partial charge >= 0.3 is 18.9 Å². The van der Waals surface area contributed by atoms with Crippen molar-refractivity contribution in [3.05, 3.63) is 0 Å². The fourth-order valence-corrected chi connectivity index (χ4v) is 1.26. The first-order valence-corrected chi connectivity index (χ1v) is 3.98. The van der Waals surface area contributed by atoms with Crippen LogP contribution in [0.1, 0.15) is 13.8 Å². The Kier molecular flexibility index (Phi) is 5.89. The van der Waals surface area contributed by atoms with Gasteiger partial charge in [-0.2, -0.15) is 8.42 Å². The van der Waals surface area contributed by atoms with Gasteiger partial charge in [0.05, 0.1) is 5.75 Å². The third-order valence-corrected chi connectivity index (χ3v) is 1.63. The van der Waals surface area contributed by atoms with E-state index in [2.05, 4.69) is 0 Å². The third-order valence-electron chi connectivity index (χ3n) is 0.544. The molecular formula is C4H11LiO3S. The molecule has 0 aromatic carbocycles. The fraction of sp³-hybridized carbons (Fsp3) is 1.00. The number of rotatable bonds is 2. The van der Waals surface area contributed by atoms with Gasteiger partial charge in [-0.3, -0.25) is 4.55 Å². The van der Waals surface area contributed by atoms with Crippen LogP contribution >= 0.6 is 0 Å². The van der Waals surface area contributed by atoms with Gasteiger partial charge in [-0.05, 0) is 5.92 Å². The van der Waals surface area contributed by atoms with Gasteiger partial charge in [-0.1, -0.05) is 13.8 Å². The first kappa shape index (κ1) is 12.2. The van der Waals surface area contributed by atoms with Crippen LogP contribution in [-0.4, -0.2) is 37.6 Å². The third kappa shape index (κ3) is 11.9. The molecule has 3 nitrogen and oxygen atoms in total. The van der Waals surface area contributed by atoms with Gasteiger partial charge in [-0.15, -0.1) is 0 Å². The van der Waals surface area contributed by atoms with Crippen molar-refractivity contribution in [3.63, 3.8) is 0 Å². The van der Waals surface area contributed by atoms with Crippen molar-refractivity contribution < 1.29 is 13.0 Å². The van der Waals surface area contributed by atoms with Crippen LogP contribution in [0.3, 0.4) is 0 Å². The standard InChI is InChI=1S/C4H10O3S.Li.H/c1-4(2)3-8(5,6)7;;/h4H,3H2,1-2H3,(H,5,6,7);;. The average molecular weight is 146 g/mol. The van der Waals surface area contributed by atoms with Crippen LogP contribution in [-0.2, 0) is 10.1 Å². The summed E-state index contributed by atoms with van der Waals surface area (Å²) < 4.78 is 28.2. The normalized spacial score (nSPS) is 11.1. The molecule has 0 atom stereocenters. The second-order valence-corrected chi connectivity index (χ2v) is 3.64. The topological polar surface area (TPSA) is 54.4 Å². The molecule has 0 radical (unpaired) electrons. The van der Waals surface area contributed by atoms with E-state index in [1.165, 1.54) is 0 Å². The summed E-state index contributed by atoms with van der Waals surface area (Å²) in [5.41, 5.74) is 0. The molecule has 0 saturated heterocycles. The summed E-state index contributed by atoms with van der Waals surface area (Å²) in [5.74, 6) is -0.141. The maximum absolute atomic E-state index is 10.00. The Hall–Kier alpha value is 0.507. The first-order chi connectivity index (χ1) is 3.42. The van der Waals surface area contributed by atoms with Crippen molar-refractivity contribution in [2.45, 2.75) is 13.8 Å². The van der Waals surface area contributed by atoms with Gasteiger partial charge in [0.2, 0.25) is 0 Å². The van der Waals surface area contributed by atoms with Gasteiger partial charge in [0.15, 0.2) is 0 Å². The molecule has 0 aliphatic carbocycles. The van der Waals surface area contributed by atoms with E-state index in [-0.39, 0.29) is 30.5 Å². The Balaban J connectivity index is 0. The van der Waals surface area contributed by atoms with E-state index in [1.54, 1.807) is 13.8 Å². The molecule has 1 N–H and O–H groups in total. The minimum atomic E-state index is -3.72. The van der Waals surface area contributed by atoms with Gasteiger partial charge < -0.3 is 0 Å². The monoisotopic (exact) mass is 146 g/mol. The van der Waals surface area contributed by atoms with Crippen LogP contribution in [0, 0.1) is 5.92 Å². The summed E-state index contributed by atoms with van der Waals surface area (Å²) >= 11 is 0. The van der Waals surface area contributed by atoms with Crippen molar-refractivity contribution in [1.29, 1.82) is 0 Å². The van der Waals surface area contributed by atoms with Crippen LogP contribution in [0.4, 0.5) is 0 Å². The molecule has 0 rings (SSSR count). The zero-order valence-electron chi connectivity index (χ0n) is 4.96. The second-order valence-electron chi connectivity index (χ2n) is 2.14. The SMILES string of the molecule is CC(C)CS(=O)(=O)O.[LiH]. The molecule has 9 heavy (non-hydrogen) atoms. The molecule has 0 aromatic heterocycles. The van der Waals surface area contributed by atoms with Gasteiger partial charge in [0.1, 0.15) is 0 Å². The molecule has 0 amide bonds. The van der Waals surface area contributed by atoms with Gasteiger partial charge in [0.25, 0.3) is 10.1 Å². The van der Waals surface area contributed by atoms with Crippen LogP contribution in [0.5, 0.6) is 0 Å². The molecule has 0 heterocycles. The second kappa shape index (κ2) is 4.34. The Labute approximate surface area is 67.8 Å². The Morgan fingerprint density at radius 3 is 1.78 bits per heavy atom. The molecule has 0 fully saturated rings. The number of hydrogen-bond acceptors (Lipinski definition) is 2. The molecule has 52 valence electrons. The van der Waals surface area contributed by atoms with E-state index in [0.717, 1.165) is 0 Å². The van der Waals surface area contributed by atoms with E-state index >= 15 is 0 Å². The van der Waals surface area contributed by atoms with Crippen molar-refractivity contribution >= 4 is 29.0 Å². The predicted molar refractivity (Wildman–Crippen MR) is 38.4 cm³/mol. The summed E-state index contributed by atoms with van der Waals surface area (Å²) in [6.07, 6.45) is 0. The molecule has 0 aliphatic heterocycles. The predicted octanol–water partition coefficient (Wildman–Crippen LogP) is -0.118. The first-order valence-electron chi connectivity index (χ1n) is 2.37. The molecule has 0 saturated carbocycles. The molecule has 5 heteroatoms. The van der Waals surface area contributed by atoms with Crippen LogP contribution < -0.4 is 0 Å². The summed E-state index contributed by atoms with van der Waals surface area (Å²) in [7, 11) is -3.72. The van der Waals surface area contributed by atoms with Crippen LogP contribution in [0.2, 0.25) is 0 Å². The van der Waals surface area contributed by atoms with Crippen molar-refractivity contribution in [1.82, 2.24) is 0 Å². The quantitative estimate of drug-likeness (QED) is 0.436. The van der Waals surface area contributed by atoms with E-state index in [1.807, 2.05) is 0 Å². The van der Waals surface area contributed by atoms with Crippen LogP contribution in [0.25, 0.3) is 0 Å². The molecule has 0 unspecified atom stereocenters. The molecule has 0 bridgehead atoms. The van der Waals surface area contributed by atoms with Crippen molar-refractivity contribution in [2.75, 3.05) is 5.75 Å². The fourth-order valence-electron chi connectivity index (χ4n) is 0.421. The zero-order chi connectivity index (χ0) is 6.78. The van der Waals surface area contributed by atoms with E-state index in [9.17, 15) is 8.42 Å². The Morgan fingerprint density at radius 1 is 1.44 bits per heavy atom.